The summed E-state index contributed by atoms with van der Waals surface area (Å²) in [5, 5.41) is 0.909. The van der Waals surface area contributed by atoms with Gasteiger partial charge >= 0.3 is 0 Å². The van der Waals surface area contributed by atoms with E-state index < -0.39 is 0 Å². The summed E-state index contributed by atoms with van der Waals surface area (Å²) in [5.41, 5.74) is 9.65. The van der Waals surface area contributed by atoms with Crippen molar-refractivity contribution < 1.29 is 4.79 Å². The van der Waals surface area contributed by atoms with E-state index in [4.69, 9.17) is 5.73 Å². The minimum Gasteiger partial charge on any atom is -0.399 e. The molecule has 0 aliphatic carbocycles. The molecule has 1 aromatic heterocycles. The number of benzene rings is 2. The number of fused-ring (bicyclic) bond motifs is 1. The molecule has 20 heavy (non-hydrogen) atoms. The molecule has 0 bridgehead atoms. The third-order valence-corrected chi connectivity index (χ3v) is 4.09. The standard InChI is InChI=1S/C16H13BrN2O/c1-9-7-10(5-6-13(9)18)16(20)11-8-19-14-4-2-3-12(17)15(11)14/h2-8,19H,18H2,1H3. The Morgan fingerprint density at radius 2 is 2.05 bits per heavy atom. The lowest BCUT2D eigenvalue weighted by molar-refractivity contribution is 0.104. The second-order valence-corrected chi connectivity index (χ2v) is 5.62. The lowest BCUT2D eigenvalue weighted by Crippen LogP contribution is -2.02. The molecule has 0 spiro atoms. The van der Waals surface area contributed by atoms with Gasteiger partial charge in [0.25, 0.3) is 0 Å². The predicted molar refractivity (Wildman–Crippen MR) is 85.0 cm³/mol. The van der Waals surface area contributed by atoms with Gasteiger partial charge in [-0.2, -0.15) is 0 Å². The van der Waals surface area contributed by atoms with Crippen LogP contribution in [0.15, 0.2) is 47.1 Å². The maximum absolute atomic E-state index is 12.7. The molecule has 0 amide bonds. The summed E-state index contributed by atoms with van der Waals surface area (Å²) in [6.07, 6.45) is 1.75. The molecule has 3 nitrogen and oxygen atoms in total. The molecule has 0 saturated carbocycles. The fourth-order valence-corrected chi connectivity index (χ4v) is 2.87. The number of anilines is 1. The summed E-state index contributed by atoms with van der Waals surface area (Å²) in [7, 11) is 0. The highest BCUT2D eigenvalue weighted by atomic mass is 79.9. The van der Waals surface area contributed by atoms with Gasteiger partial charge in [0, 0.05) is 38.4 Å². The Labute approximate surface area is 124 Å². The van der Waals surface area contributed by atoms with Crippen molar-refractivity contribution in [2.24, 2.45) is 0 Å². The molecular weight excluding hydrogens is 316 g/mol. The lowest BCUT2D eigenvalue weighted by atomic mass is 10.0. The molecule has 0 unspecified atom stereocenters. The largest absolute Gasteiger partial charge is 0.399 e. The van der Waals surface area contributed by atoms with Crippen LogP contribution in [0.4, 0.5) is 5.69 Å². The van der Waals surface area contributed by atoms with Crippen LogP contribution in [0.5, 0.6) is 0 Å². The van der Waals surface area contributed by atoms with Crippen LogP contribution in [-0.4, -0.2) is 10.8 Å². The monoisotopic (exact) mass is 328 g/mol. The van der Waals surface area contributed by atoms with Gasteiger partial charge in [0.15, 0.2) is 5.78 Å². The van der Waals surface area contributed by atoms with Crippen molar-refractivity contribution >= 4 is 38.3 Å². The third kappa shape index (κ3) is 2.02. The van der Waals surface area contributed by atoms with Crippen LogP contribution in [0.25, 0.3) is 10.9 Å². The molecule has 0 radical (unpaired) electrons. The van der Waals surface area contributed by atoms with Gasteiger partial charge in [-0.15, -0.1) is 0 Å². The number of halogens is 1. The van der Waals surface area contributed by atoms with Crippen LogP contribution in [-0.2, 0) is 0 Å². The number of hydrogen-bond acceptors (Lipinski definition) is 2. The van der Waals surface area contributed by atoms with E-state index in [1.807, 2.05) is 31.2 Å². The average Bonchev–Trinajstić information content (AvgIpc) is 2.86. The van der Waals surface area contributed by atoms with Gasteiger partial charge in [0.2, 0.25) is 0 Å². The molecule has 0 aliphatic heterocycles. The van der Waals surface area contributed by atoms with Gasteiger partial charge in [-0.1, -0.05) is 22.0 Å². The van der Waals surface area contributed by atoms with E-state index in [2.05, 4.69) is 20.9 Å². The molecule has 0 fully saturated rings. The maximum Gasteiger partial charge on any atom is 0.195 e. The van der Waals surface area contributed by atoms with E-state index in [1.54, 1.807) is 18.3 Å². The number of aryl methyl sites for hydroxylation is 1. The zero-order valence-corrected chi connectivity index (χ0v) is 12.5. The number of H-pyrrole nitrogens is 1. The third-order valence-electron chi connectivity index (χ3n) is 3.43. The molecule has 3 N–H and O–H groups in total. The zero-order valence-electron chi connectivity index (χ0n) is 10.9. The van der Waals surface area contributed by atoms with Crippen LogP contribution in [0, 0.1) is 6.92 Å². The number of nitrogens with one attached hydrogen (secondary N) is 1. The number of nitrogen functional groups attached to an aromatic ring is 1. The number of carbonyl (C=O) groups is 1. The van der Waals surface area contributed by atoms with Crippen LogP contribution in [0.1, 0.15) is 21.5 Å². The number of nitrogens with two attached hydrogens (primary N) is 1. The molecule has 0 aliphatic rings. The smallest absolute Gasteiger partial charge is 0.195 e. The van der Waals surface area contributed by atoms with Crippen LogP contribution < -0.4 is 5.73 Å². The van der Waals surface area contributed by atoms with E-state index in [0.717, 1.165) is 20.9 Å². The minimum absolute atomic E-state index is 0.00810. The Bertz CT molecular complexity index is 820. The first-order valence-electron chi connectivity index (χ1n) is 6.24. The fourth-order valence-electron chi connectivity index (χ4n) is 2.29. The number of rotatable bonds is 2. The molecule has 2 aromatic carbocycles. The van der Waals surface area contributed by atoms with Gasteiger partial charge in [-0.05, 0) is 42.8 Å². The normalized spacial score (nSPS) is 10.9. The van der Waals surface area contributed by atoms with E-state index in [0.29, 0.717) is 16.8 Å². The van der Waals surface area contributed by atoms with Crippen LogP contribution in [0.3, 0.4) is 0 Å². The van der Waals surface area contributed by atoms with Crippen molar-refractivity contribution in [3.8, 4) is 0 Å². The summed E-state index contributed by atoms with van der Waals surface area (Å²) in [5.74, 6) is -0.00810. The van der Waals surface area contributed by atoms with E-state index in [-0.39, 0.29) is 5.78 Å². The van der Waals surface area contributed by atoms with Gasteiger partial charge in [-0.25, -0.2) is 0 Å². The highest BCUT2D eigenvalue weighted by Crippen LogP contribution is 2.29. The quantitative estimate of drug-likeness (QED) is 0.550. The van der Waals surface area contributed by atoms with Gasteiger partial charge in [0.1, 0.15) is 0 Å². The predicted octanol–water partition coefficient (Wildman–Crippen LogP) is 4.05. The number of carbonyl (C=O) groups excluding carboxylic acids is 1. The number of aromatic amines is 1. The van der Waals surface area contributed by atoms with Crippen LogP contribution in [0.2, 0.25) is 0 Å². The highest BCUT2D eigenvalue weighted by molar-refractivity contribution is 9.10. The summed E-state index contributed by atoms with van der Waals surface area (Å²) in [4.78, 5) is 15.8. The molecule has 4 heteroatoms. The minimum atomic E-state index is -0.00810. The van der Waals surface area contributed by atoms with E-state index >= 15 is 0 Å². The zero-order chi connectivity index (χ0) is 14.3. The summed E-state index contributed by atoms with van der Waals surface area (Å²) in [6, 6.07) is 11.2. The summed E-state index contributed by atoms with van der Waals surface area (Å²) < 4.78 is 0.909. The summed E-state index contributed by atoms with van der Waals surface area (Å²) >= 11 is 3.50. The van der Waals surface area contributed by atoms with Crippen molar-refractivity contribution in [3.05, 3.63) is 63.8 Å². The molecule has 1 heterocycles. The molecule has 3 rings (SSSR count). The fraction of sp³-hybridized carbons (Fsp3) is 0.0625. The second kappa shape index (κ2) is 4.80. The van der Waals surface area contributed by atoms with E-state index in [9.17, 15) is 4.79 Å². The Hall–Kier alpha value is -2.07. The Morgan fingerprint density at radius 3 is 2.80 bits per heavy atom. The first-order chi connectivity index (χ1) is 9.58. The van der Waals surface area contributed by atoms with E-state index in [1.165, 1.54) is 0 Å². The Balaban J connectivity index is 2.15. The molecule has 100 valence electrons. The highest BCUT2D eigenvalue weighted by Gasteiger charge is 2.16. The SMILES string of the molecule is Cc1cc(C(=O)c2c[nH]c3cccc(Br)c23)ccc1N. The number of ketones is 1. The Kier molecular flexibility index (Phi) is 3.10. The maximum atomic E-state index is 12.7. The average molecular weight is 329 g/mol. The van der Waals surface area contributed by atoms with Crippen molar-refractivity contribution in [2.45, 2.75) is 6.92 Å². The molecule has 0 saturated heterocycles. The lowest BCUT2D eigenvalue weighted by Gasteiger charge is -2.04. The van der Waals surface area contributed by atoms with Gasteiger partial charge in [-0.3, -0.25) is 4.79 Å². The Morgan fingerprint density at radius 1 is 1.25 bits per heavy atom. The number of hydrogen-bond donors (Lipinski definition) is 2. The van der Waals surface area contributed by atoms with Gasteiger partial charge < -0.3 is 10.7 Å². The molecule has 0 atom stereocenters. The molecule has 3 aromatic rings. The molecular formula is C16H13BrN2O. The van der Waals surface area contributed by atoms with Crippen molar-refractivity contribution in [1.82, 2.24) is 4.98 Å². The van der Waals surface area contributed by atoms with Crippen molar-refractivity contribution in [1.29, 1.82) is 0 Å². The van der Waals surface area contributed by atoms with Crippen LogP contribution >= 0.6 is 15.9 Å². The topological polar surface area (TPSA) is 58.9 Å². The second-order valence-electron chi connectivity index (χ2n) is 4.77. The summed E-state index contributed by atoms with van der Waals surface area (Å²) in [6.45, 7) is 1.90. The van der Waals surface area contributed by atoms with Crippen molar-refractivity contribution in [3.63, 3.8) is 0 Å². The first-order valence-corrected chi connectivity index (χ1v) is 7.03. The van der Waals surface area contributed by atoms with Crippen molar-refractivity contribution in [2.75, 3.05) is 5.73 Å². The van der Waals surface area contributed by atoms with Gasteiger partial charge in [0.05, 0.1) is 0 Å². The first kappa shape index (κ1) is 12.9. The number of aromatic nitrogens is 1.